The molecule has 0 saturated carbocycles. The fourth-order valence-electron chi connectivity index (χ4n) is 4.04. The normalized spacial score (nSPS) is 23.1. The van der Waals surface area contributed by atoms with Crippen LogP contribution in [0.5, 0.6) is 5.75 Å². The van der Waals surface area contributed by atoms with Crippen LogP contribution in [0.4, 0.5) is 5.82 Å². The molecule has 4 rings (SSSR count). The van der Waals surface area contributed by atoms with Crippen molar-refractivity contribution in [3.8, 4) is 5.75 Å². The highest BCUT2D eigenvalue weighted by atomic mass is 16.5. The van der Waals surface area contributed by atoms with Crippen molar-refractivity contribution in [2.24, 2.45) is 5.73 Å². The van der Waals surface area contributed by atoms with Crippen molar-refractivity contribution in [3.05, 3.63) is 42.5 Å². The second kappa shape index (κ2) is 9.89. The fraction of sp³-hybridized carbons (Fsp3) is 0.455. The third-order valence-electron chi connectivity index (χ3n) is 5.85. The molecule has 0 radical (unpaired) electrons. The van der Waals surface area contributed by atoms with Gasteiger partial charge in [-0.3, -0.25) is 9.36 Å². The van der Waals surface area contributed by atoms with E-state index in [2.05, 4.69) is 20.3 Å². The number of rotatable bonds is 8. The molecule has 2 aromatic heterocycles. The highest BCUT2D eigenvalue weighted by Gasteiger charge is 2.46. The van der Waals surface area contributed by atoms with Crippen LogP contribution in [0.1, 0.15) is 11.8 Å². The van der Waals surface area contributed by atoms with Crippen LogP contribution in [0.3, 0.4) is 0 Å². The zero-order valence-corrected chi connectivity index (χ0v) is 19.2. The quantitative estimate of drug-likeness (QED) is 0.328. The van der Waals surface area contributed by atoms with Gasteiger partial charge in [-0.05, 0) is 24.1 Å². The summed E-state index contributed by atoms with van der Waals surface area (Å²) < 4.78 is 12.6. The molecule has 0 bridgehead atoms. The van der Waals surface area contributed by atoms with Crippen LogP contribution >= 0.6 is 0 Å². The highest BCUT2D eigenvalue weighted by molar-refractivity contribution is 5.83. The summed E-state index contributed by atoms with van der Waals surface area (Å²) in [7, 11) is 5.25. The summed E-state index contributed by atoms with van der Waals surface area (Å²) in [6.45, 7) is -0.406. The lowest BCUT2D eigenvalue weighted by Crippen LogP contribution is -2.53. The number of aliphatic hydroxyl groups is 2. The summed E-state index contributed by atoms with van der Waals surface area (Å²) >= 11 is 0. The van der Waals surface area contributed by atoms with E-state index in [1.165, 1.54) is 12.7 Å². The summed E-state index contributed by atoms with van der Waals surface area (Å²) in [5, 5.41) is 23.6. The van der Waals surface area contributed by atoms with Crippen LogP contribution in [-0.2, 0) is 16.0 Å². The number of hydrogen-bond acceptors (Lipinski definition) is 10. The molecule has 1 aromatic carbocycles. The van der Waals surface area contributed by atoms with E-state index in [9.17, 15) is 15.0 Å². The molecule has 3 heterocycles. The molecule has 1 fully saturated rings. The van der Waals surface area contributed by atoms with Crippen molar-refractivity contribution in [3.63, 3.8) is 0 Å². The van der Waals surface area contributed by atoms with Crippen molar-refractivity contribution in [1.29, 1.82) is 0 Å². The molecule has 34 heavy (non-hydrogen) atoms. The minimum atomic E-state index is -1.18. The number of anilines is 1. The number of benzene rings is 1. The van der Waals surface area contributed by atoms with E-state index >= 15 is 0 Å². The number of nitrogens with one attached hydrogen (secondary N) is 1. The predicted molar refractivity (Wildman–Crippen MR) is 123 cm³/mol. The Hall–Kier alpha value is -3.32. The Morgan fingerprint density at radius 3 is 2.68 bits per heavy atom. The molecular formula is C22H29N7O5. The number of ether oxygens (including phenoxy) is 2. The number of aromatic nitrogens is 4. The van der Waals surface area contributed by atoms with E-state index in [-0.39, 0.29) is 0 Å². The number of nitrogens with two attached hydrogens (primary N) is 1. The monoisotopic (exact) mass is 471 g/mol. The number of amides is 1. The zero-order valence-electron chi connectivity index (χ0n) is 19.2. The van der Waals surface area contributed by atoms with Gasteiger partial charge in [0.05, 0.1) is 32.1 Å². The number of carbonyl (C=O) groups is 1. The average molecular weight is 472 g/mol. The molecule has 0 spiro atoms. The standard InChI is InChI=1S/C22H29N7O5/c1-28(2)19-17-20(25-10-24-19)29(11-26-17)22-18(31)16(15(9-30)34-22)27-21(32)14(23)8-12-4-6-13(33-3)7-5-12/h4-7,10-11,14-16,18,22,30-31H,8-9,23H2,1-3H3,(H,27,32)/t14-,15+,16-,18+,22+/m0/s1. The summed E-state index contributed by atoms with van der Waals surface area (Å²) in [4.78, 5) is 27.5. The number of methoxy groups -OCH3 is 1. The van der Waals surface area contributed by atoms with E-state index in [0.29, 0.717) is 29.2 Å². The van der Waals surface area contributed by atoms with Crippen LogP contribution in [-0.4, -0.2) is 87.7 Å². The lowest BCUT2D eigenvalue weighted by Gasteiger charge is -2.23. The Labute approximate surface area is 196 Å². The molecule has 1 saturated heterocycles. The van der Waals surface area contributed by atoms with Crippen LogP contribution in [0, 0.1) is 0 Å². The van der Waals surface area contributed by atoms with Gasteiger partial charge in [0.15, 0.2) is 23.2 Å². The minimum absolute atomic E-state index is 0.295. The van der Waals surface area contributed by atoms with Crippen LogP contribution in [0.25, 0.3) is 11.2 Å². The van der Waals surface area contributed by atoms with Crippen LogP contribution < -0.4 is 20.7 Å². The van der Waals surface area contributed by atoms with E-state index in [1.807, 2.05) is 26.2 Å². The second-order valence-electron chi connectivity index (χ2n) is 8.35. The zero-order chi connectivity index (χ0) is 24.4. The predicted octanol–water partition coefficient (Wildman–Crippen LogP) is -0.794. The Balaban J connectivity index is 1.49. The van der Waals surface area contributed by atoms with Gasteiger partial charge < -0.3 is 35.6 Å². The highest BCUT2D eigenvalue weighted by Crippen LogP contribution is 2.32. The van der Waals surface area contributed by atoms with Gasteiger partial charge in [-0.25, -0.2) is 15.0 Å². The summed E-state index contributed by atoms with van der Waals surface area (Å²) in [5.74, 6) is 0.861. The number of nitrogens with zero attached hydrogens (tertiary/aromatic N) is 5. The first kappa shape index (κ1) is 23.8. The third kappa shape index (κ3) is 4.53. The number of imidazole rings is 1. The maximum atomic E-state index is 12.8. The first-order chi connectivity index (χ1) is 16.3. The van der Waals surface area contributed by atoms with Gasteiger partial charge in [0.25, 0.3) is 0 Å². The SMILES string of the molecule is COc1ccc(C[C@H](N)C(=O)N[C@@H]2[C@@H](O)[C@H](n3cnc4c(N(C)C)ncnc43)O[C@@H]2CO)cc1. The Kier molecular flexibility index (Phi) is 6.93. The van der Waals surface area contributed by atoms with Crippen molar-refractivity contribution in [2.45, 2.75) is 36.9 Å². The van der Waals surface area contributed by atoms with Gasteiger partial charge >= 0.3 is 0 Å². The number of hydrogen-bond donors (Lipinski definition) is 4. The Morgan fingerprint density at radius 1 is 1.29 bits per heavy atom. The molecule has 0 unspecified atom stereocenters. The first-order valence-electron chi connectivity index (χ1n) is 10.8. The number of carbonyl (C=O) groups excluding carboxylic acids is 1. The molecular weight excluding hydrogens is 442 g/mol. The Bertz CT molecular complexity index is 1140. The molecule has 1 amide bonds. The van der Waals surface area contributed by atoms with Crippen LogP contribution in [0.15, 0.2) is 36.9 Å². The Morgan fingerprint density at radius 2 is 2.03 bits per heavy atom. The average Bonchev–Trinajstić information content (AvgIpc) is 3.40. The van der Waals surface area contributed by atoms with E-state index < -0.39 is 43.0 Å². The van der Waals surface area contributed by atoms with Crippen LogP contribution in [0.2, 0.25) is 0 Å². The van der Waals surface area contributed by atoms with Gasteiger partial charge in [-0.1, -0.05) is 12.1 Å². The molecule has 5 N–H and O–H groups in total. The molecule has 182 valence electrons. The molecule has 3 aromatic rings. The van der Waals surface area contributed by atoms with Gasteiger partial charge in [0.1, 0.15) is 24.3 Å². The second-order valence-corrected chi connectivity index (χ2v) is 8.35. The molecule has 1 aliphatic rings. The molecule has 1 aliphatic heterocycles. The van der Waals surface area contributed by atoms with Crippen molar-refractivity contribution in [1.82, 2.24) is 24.8 Å². The van der Waals surface area contributed by atoms with Gasteiger partial charge in [0.2, 0.25) is 5.91 Å². The lowest BCUT2D eigenvalue weighted by molar-refractivity contribution is -0.124. The summed E-state index contributed by atoms with van der Waals surface area (Å²) in [6.07, 6.45) is 0.250. The maximum absolute atomic E-state index is 12.8. The van der Waals surface area contributed by atoms with Gasteiger partial charge in [-0.2, -0.15) is 0 Å². The van der Waals surface area contributed by atoms with E-state index in [0.717, 1.165) is 5.56 Å². The summed E-state index contributed by atoms with van der Waals surface area (Å²) in [5.41, 5.74) is 7.98. The van der Waals surface area contributed by atoms with Gasteiger partial charge in [-0.15, -0.1) is 0 Å². The third-order valence-corrected chi connectivity index (χ3v) is 5.85. The van der Waals surface area contributed by atoms with Crippen molar-refractivity contribution in [2.75, 3.05) is 32.7 Å². The van der Waals surface area contributed by atoms with E-state index in [1.54, 1.807) is 28.7 Å². The largest absolute Gasteiger partial charge is 0.497 e. The van der Waals surface area contributed by atoms with Crippen molar-refractivity contribution >= 4 is 22.9 Å². The molecule has 12 heteroatoms. The molecule has 0 aliphatic carbocycles. The molecule has 12 nitrogen and oxygen atoms in total. The molecule has 5 atom stereocenters. The minimum Gasteiger partial charge on any atom is -0.497 e. The van der Waals surface area contributed by atoms with Gasteiger partial charge in [0, 0.05) is 14.1 Å². The van der Waals surface area contributed by atoms with E-state index in [4.69, 9.17) is 15.2 Å². The fourth-order valence-corrected chi connectivity index (χ4v) is 4.04. The maximum Gasteiger partial charge on any atom is 0.237 e. The first-order valence-corrected chi connectivity index (χ1v) is 10.8. The number of fused-ring (bicyclic) bond motifs is 1. The number of aliphatic hydroxyl groups excluding tert-OH is 2. The smallest absolute Gasteiger partial charge is 0.237 e. The topological polar surface area (TPSA) is 161 Å². The lowest BCUT2D eigenvalue weighted by atomic mass is 10.0. The van der Waals surface area contributed by atoms with Crippen molar-refractivity contribution < 1.29 is 24.5 Å². The summed E-state index contributed by atoms with van der Waals surface area (Å²) in [6, 6.07) is 5.52.